The second-order valence-electron chi connectivity index (χ2n) is 5.65. The second kappa shape index (κ2) is 5.32. The lowest BCUT2D eigenvalue weighted by Crippen LogP contribution is -2.09. The molecule has 22 heavy (non-hydrogen) atoms. The fourth-order valence-corrected chi connectivity index (χ4v) is 4.76. The summed E-state index contributed by atoms with van der Waals surface area (Å²) in [5.74, 6) is 0.0647. The number of hydrogen-bond donors (Lipinski definition) is 2. The Morgan fingerprint density at radius 3 is 2.00 bits per heavy atom. The highest BCUT2D eigenvalue weighted by molar-refractivity contribution is 7.91. The van der Waals surface area contributed by atoms with Gasteiger partial charge in [0.15, 0.2) is 0 Å². The Morgan fingerprint density at radius 2 is 1.41 bits per heavy atom. The molecule has 0 radical (unpaired) electrons. The summed E-state index contributed by atoms with van der Waals surface area (Å²) in [5.41, 5.74) is 2.50. The summed E-state index contributed by atoms with van der Waals surface area (Å²) in [5, 5.41) is 19.8. The van der Waals surface area contributed by atoms with Crippen molar-refractivity contribution >= 4 is 9.84 Å². The van der Waals surface area contributed by atoms with E-state index in [1.807, 2.05) is 0 Å². The maximum Gasteiger partial charge on any atom is 0.207 e. The molecule has 2 aromatic carbocycles. The lowest BCUT2D eigenvalue weighted by atomic mass is 10.1. The fourth-order valence-electron chi connectivity index (χ4n) is 2.65. The van der Waals surface area contributed by atoms with Gasteiger partial charge in [-0.2, -0.15) is 0 Å². The normalized spacial score (nSPS) is 11.7. The molecule has 0 spiro atoms. The predicted molar refractivity (Wildman–Crippen MR) is 85.4 cm³/mol. The van der Waals surface area contributed by atoms with Gasteiger partial charge in [0, 0.05) is 5.56 Å². The van der Waals surface area contributed by atoms with Crippen LogP contribution < -0.4 is 0 Å². The topological polar surface area (TPSA) is 74.6 Å². The highest BCUT2D eigenvalue weighted by atomic mass is 32.2. The largest absolute Gasteiger partial charge is 0.508 e. The van der Waals surface area contributed by atoms with Crippen LogP contribution in [0.2, 0.25) is 0 Å². The van der Waals surface area contributed by atoms with E-state index in [0.717, 1.165) is 0 Å². The minimum absolute atomic E-state index is 0.0472. The molecule has 4 nitrogen and oxygen atoms in total. The fraction of sp³-hybridized carbons (Fsp3) is 0.294. The van der Waals surface area contributed by atoms with Gasteiger partial charge in [-0.3, -0.25) is 0 Å². The van der Waals surface area contributed by atoms with E-state index in [9.17, 15) is 18.6 Å². The number of rotatable bonds is 2. The first kappa shape index (κ1) is 16.4. The highest BCUT2D eigenvalue weighted by Crippen LogP contribution is 2.36. The summed E-state index contributed by atoms with van der Waals surface area (Å²) < 4.78 is 26.1. The summed E-state index contributed by atoms with van der Waals surface area (Å²) in [6, 6.07) is 4.56. The van der Waals surface area contributed by atoms with Crippen molar-refractivity contribution in [3.05, 3.63) is 46.0 Å². The Bertz CT molecular complexity index is 865. The maximum absolute atomic E-state index is 13.1. The lowest BCUT2D eigenvalue weighted by molar-refractivity contribution is 0.465. The minimum Gasteiger partial charge on any atom is -0.508 e. The molecule has 0 unspecified atom stereocenters. The molecule has 0 aromatic heterocycles. The van der Waals surface area contributed by atoms with Crippen molar-refractivity contribution in [3.63, 3.8) is 0 Å². The molecule has 0 atom stereocenters. The Morgan fingerprint density at radius 1 is 0.818 bits per heavy atom. The molecule has 0 aliphatic carbocycles. The van der Waals surface area contributed by atoms with Crippen molar-refractivity contribution in [1.82, 2.24) is 0 Å². The van der Waals surface area contributed by atoms with Gasteiger partial charge in [-0.25, -0.2) is 8.42 Å². The molecule has 0 fully saturated rings. The van der Waals surface area contributed by atoms with Crippen LogP contribution >= 0.6 is 0 Å². The molecular formula is C17H20O4S. The smallest absolute Gasteiger partial charge is 0.207 e. The summed E-state index contributed by atoms with van der Waals surface area (Å²) in [6.45, 7) is 8.33. The number of benzene rings is 2. The van der Waals surface area contributed by atoms with Gasteiger partial charge in [0.05, 0.1) is 9.79 Å². The van der Waals surface area contributed by atoms with Gasteiger partial charge < -0.3 is 10.2 Å². The molecule has 0 amide bonds. The SMILES string of the molecule is Cc1cc(S(=O)(=O)c2c(C)ccc(O)c2C)c(C)c(C)c1O. The number of hydrogen-bond acceptors (Lipinski definition) is 4. The van der Waals surface area contributed by atoms with Crippen LogP contribution in [0.3, 0.4) is 0 Å². The Hall–Kier alpha value is -2.01. The van der Waals surface area contributed by atoms with E-state index in [2.05, 4.69) is 0 Å². The van der Waals surface area contributed by atoms with E-state index < -0.39 is 9.84 Å². The number of phenolic OH excluding ortho intramolecular Hbond substituents is 2. The summed E-state index contributed by atoms with van der Waals surface area (Å²) in [7, 11) is -3.79. The molecule has 2 rings (SSSR count). The van der Waals surface area contributed by atoms with Crippen molar-refractivity contribution in [2.75, 3.05) is 0 Å². The Balaban J connectivity index is 2.87. The van der Waals surface area contributed by atoms with E-state index in [0.29, 0.717) is 27.8 Å². The highest BCUT2D eigenvalue weighted by Gasteiger charge is 2.27. The van der Waals surface area contributed by atoms with Crippen LogP contribution in [0.4, 0.5) is 0 Å². The molecular weight excluding hydrogens is 300 g/mol. The first-order chi connectivity index (χ1) is 10.1. The van der Waals surface area contributed by atoms with Gasteiger partial charge in [-0.15, -0.1) is 0 Å². The molecule has 0 bridgehead atoms. The number of aromatic hydroxyl groups is 2. The van der Waals surface area contributed by atoms with Crippen molar-refractivity contribution in [1.29, 1.82) is 0 Å². The molecule has 2 N–H and O–H groups in total. The molecule has 2 aromatic rings. The van der Waals surface area contributed by atoms with E-state index >= 15 is 0 Å². The average Bonchev–Trinajstić information content (AvgIpc) is 2.44. The van der Waals surface area contributed by atoms with Gasteiger partial charge >= 0.3 is 0 Å². The Labute approximate surface area is 131 Å². The van der Waals surface area contributed by atoms with Crippen molar-refractivity contribution < 1.29 is 18.6 Å². The summed E-state index contributed by atoms with van der Waals surface area (Å²) in [4.78, 5) is 0.289. The van der Waals surface area contributed by atoms with E-state index in [-0.39, 0.29) is 21.3 Å². The first-order valence-electron chi connectivity index (χ1n) is 6.93. The van der Waals surface area contributed by atoms with Crippen LogP contribution in [0.5, 0.6) is 11.5 Å². The van der Waals surface area contributed by atoms with Crippen LogP contribution in [0.1, 0.15) is 27.8 Å². The third kappa shape index (κ3) is 2.35. The van der Waals surface area contributed by atoms with Gasteiger partial charge in [0.1, 0.15) is 11.5 Å². The van der Waals surface area contributed by atoms with Crippen LogP contribution in [-0.2, 0) is 9.84 Å². The summed E-state index contributed by atoms with van der Waals surface area (Å²) >= 11 is 0. The van der Waals surface area contributed by atoms with Crippen LogP contribution in [0, 0.1) is 34.6 Å². The number of phenols is 2. The van der Waals surface area contributed by atoms with Gasteiger partial charge in [-0.1, -0.05) is 6.07 Å². The van der Waals surface area contributed by atoms with Gasteiger partial charge in [0.25, 0.3) is 0 Å². The monoisotopic (exact) mass is 320 g/mol. The zero-order valence-electron chi connectivity index (χ0n) is 13.4. The third-order valence-electron chi connectivity index (χ3n) is 4.14. The van der Waals surface area contributed by atoms with Gasteiger partial charge in [0.2, 0.25) is 9.84 Å². The third-order valence-corrected chi connectivity index (χ3v) is 6.31. The van der Waals surface area contributed by atoms with Crippen LogP contribution in [0.15, 0.2) is 28.0 Å². The van der Waals surface area contributed by atoms with E-state index in [1.54, 1.807) is 40.7 Å². The van der Waals surface area contributed by atoms with Crippen molar-refractivity contribution in [3.8, 4) is 11.5 Å². The van der Waals surface area contributed by atoms with Crippen molar-refractivity contribution in [2.24, 2.45) is 0 Å². The van der Waals surface area contributed by atoms with Crippen LogP contribution in [0.25, 0.3) is 0 Å². The molecule has 5 heteroatoms. The summed E-state index contributed by atoms with van der Waals surface area (Å²) in [6.07, 6.45) is 0. The second-order valence-corrected chi connectivity index (χ2v) is 7.50. The molecule has 0 saturated heterocycles. The Kier molecular flexibility index (Phi) is 3.96. The quantitative estimate of drug-likeness (QED) is 0.888. The molecule has 0 saturated carbocycles. The maximum atomic E-state index is 13.1. The average molecular weight is 320 g/mol. The zero-order valence-corrected chi connectivity index (χ0v) is 14.2. The van der Waals surface area contributed by atoms with Crippen molar-refractivity contribution in [2.45, 2.75) is 44.4 Å². The number of sulfone groups is 1. The minimum atomic E-state index is -3.79. The molecule has 0 aliphatic heterocycles. The first-order valence-corrected chi connectivity index (χ1v) is 8.41. The lowest BCUT2D eigenvalue weighted by Gasteiger charge is -2.17. The zero-order chi connectivity index (χ0) is 16.8. The van der Waals surface area contributed by atoms with Crippen LogP contribution in [-0.4, -0.2) is 18.6 Å². The number of aryl methyl sites for hydroxylation is 2. The molecule has 118 valence electrons. The molecule has 0 heterocycles. The van der Waals surface area contributed by atoms with E-state index in [1.165, 1.54) is 12.1 Å². The van der Waals surface area contributed by atoms with E-state index in [4.69, 9.17) is 0 Å². The standard InChI is InChI=1S/C17H20O4S/c1-9-6-7-14(18)13(5)17(9)22(20,21)15-8-10(2)16(19)12(4)11(15)3/h6-8,18-19H,1-5H3. The molecule has 0 aliphatic rings. The predicted octanol–water partition coefficient (Wildman–Crippen LogP) is 3.47. The van der Waals surface area contributed by atoms with Gasteiger partial charge in [-0.05, 0) is 69.0 Å².